The van der Waals surface area contributed by atoms with Gasteiger partial charge in [0.05, 0.1) is 0 Å². The Morgan fingerprint density at radius 2 is 1.89 bits per heavy atom. The van der Waals surface area contributed by atoms with E-state index in [4.69, 9.17) is 4.74 Å². The molecule has 192 valence electrons. The van der Waals surface area contributed by atoms with Crippen LogP contribution in [0.5, 0.6) is 0 Å². The lowest BCUT2D eigenvalue weighted by Crippen LogP contribution is -2.58. The number of carbonyl (C=O) groups is 3. The van der Waals surface area contributed by atoms with Gasteiger partial charge in [0, 0.05) is 50.9 Å². The van der Waals surface area contributed by atoms with Crippen molar-refractivity contribution in [1.29, 1.82) is 0 Å². The Balaban J connectivity index is 1.67. The molecule has 36 heavy (non-hydrogen) atoms. The van der Waals surface area contributed by atoms with E-state index in [9.17, 15) is 18.8 Å². The number of ketones is 2. The van der Waals surface area contributed by atoms with Gasteiger partial charge in [0.2, 0.25) is 5.78 Å². The standard InChI is InChI=1S/C30H36FNO4/c1-18(33)36-30(27(35)17-31)14-13-26-24-11-7-20-15-22(34)10-12-23(20)28(24)25(16-29(26,30)2)19-5-8-21(9-6-19)32(3)4/h5-9,24-26H,10-17H2,1-4H3/t24?,25?,26?,29-,30-/m0/s1. The molecule has 6 heteroatoms. The van der Waals surface area contributed by atoms with Crippen LogP contribution in [0.2, 0.25) is 0 Å². The molecule has 0 bridgehead atoms. The number of hydrogen-bond donors (Lipinski definition) is 0. The zero-order valence-electron chi connectivity index (χ0n) is 21.7. The highest BCUT2D eigenvalue weighted by molar-refractivity contribution is 5.92. The molecule has 0 amide bonds. The summed E-state index contributed by atoms with van der Waals surface area (Å²) < 4.78 is 19.8. The number of nitrogens with zero attached hydrogens (tertiary/aromatic N) is 1. The Labute approximate surface area is 212 Å². The van der Waals surface area contributed by atoms with E-state index in [1.807, 2.05) is 21.0 Å². The summed E-state index contributed by atoms with van der Waals surface area (Å²) in [5.74, 6) is -0.566. The summed E-state index contributed by atoms with van der Waals surface area (Å²) in [6, 6.07) is 8.52. The number of Topliss-reactive ketones (excluding diaryl/α,β-unsaturated/α-hetero) is 2. The quantitative estimate of drug-likeness (QED) is 0.508. The summed E-state index contributed by atoms with van der Waals surface area (Å²) in [4.78, 5) is 39.8. The van der Waals surface area contributed by atoms with Crippen LogP contribution in [0.1, 0.15) is 70.3 Å². The van der Waals surface area contributed by atoms with Crippen LogP contribution >= 0.6 is 0 Å². The first kappa shape index (κ1) is 24.9. The number of benzene rings is 1. The van der Waals surface area contributed by atoms with Crippen LogP contribution in [-0.4, -0.2) is 43.9 Å². The average molecular weight is 494 g/mol. The maximum Gasteiger partial charge on any atom is 0.303 e. The van der Waals surface area contributed by atoms with Gasteiger partial charge in [-0.2, -0.15) is 0 Å². The SMILES string of the molecule is CC(=O)O[C@]1(C(=O)CF)CCC2C3CC=C4CC(=O)CCC4=C3C(c3ccc(N(C)C)cc3)C[C@@]21C. The normalized spacial score (nSPS) is 33.3. The highest BCUT2D eigenvalue weighted by Crippen LogP contribution is 2.67. The predicted octanol–water partition coefficient (Wildman–Crippen LogP) is 5.49. The van der Waals surface area contributed by atoms with Crippen molar-refractivity contribution in [2.45, 2.75) is 70.3 Å². The second kappa shape index (κ2) is 8.97. The average Bonchev–Trinajstić information content (AvgIpc) is 3.14. The van der Waals surface area contributed by atoms with Crippen LogP contribution in [0.15, 0.2) is 47.1 Å². The maximum atomic E-state index is 14.0. The molecular weight excluding hydrogens is 457 g/mol. The molecule has 0 saturated heterocycles. The van der Waals surface area contributed by atoms with Crippen molar-refractivity contribution < 1.29 is 23.5 Å². The minimum atomic E-state index is -1.44. The van der Waals surface area contributed by atoms with E-state index in [-0.39, 0.29) is 17.8 Å². The van der Waals surface area contributed by atoms with E-state index in [2.05, 4.69) is 35.2 Å². The van der Waals surface area contributed by atoms with Crippen molar-refractivity contribution >= 4 is 23.2 Å². The summed E-state index contributed by atoms with van der Waals surface area (Å²) >= 11 is 0. The monoisotopic (exact) mass is 493 g/mol. The van der Waals surface area contributed by atoms with E-state index >= 15 is 0 Å². The van der Waals surface area contributed by atoms with Crippen LogP contribution < -0.4 is 4.90 Å². The number of ether oxygens (including phenoxy) is 1. The minimum Gasteiger partial charge on any atom is -0.451 e. The highest BCUT2D eigenvalue weighted by Gasteiger charge is 2.68. The number of carbonyl (C=O) groups excluding carboxylic acids is 3. The zero-order chi connectivity index (χ0) is 25.8. The fourth-order valence-corrected chi connectivity index (χ4v) is 7.92. The molecule has 1 aromatic rings. The second-order valence-electron chi connectivity index (χ2n) is 11.5. The number of alkyl halides is 1. The van der Waals surface area contributed by atoms with E-state index in [1.165, 1.54) is 23.6 Å². The van der Waals surface area contributed by atoms with Gasteiger partial charge in [-0.25, -0.2) is 4.39 Å². The molecule has 0 aromatic heterocycles. The molecule has 5 atom stereocenters. The van der Waals surface area contributed by atoms with Gasteiger partial charge < -0.3 is 9.64 Å². The highest BCUT2D eigenvalue weighted by atomic mass is 19.1. The van der Waals surface area contributed by atoms with E-state index < -0.39 is 29.4 Å². The smallest absolute Gasteiger partial charge is 0.303 e. The molecule has 0 aliphatic heterocycles. The molecule has 4 aliphatic rings. The lowest BCUT2D eigenvalue weighted by molar-refractivity contribution is -0.183. The summed E-state index contributed by atoms with van der Waals surface area (Å²) in [6.07, 6.45) is 6.52. The summed E-state index contributed by atoms with van der Waals surface area (Å²) in [5, 5.41) is 0. The molecule has 3 unspecified atom stereocenters. The van der Waals surface area contributed by atoms with Gasteiger partial charge in [0.25, 0.3) is 0 Å². The van der Waals surface area contributed by atoms with Crippen molar-refractivity contribution in [3.8, 4) is 0 Å². The molecule has 5 rings (SSSR count). The van der Waals surface area contributed by atoms with Gasteiger partial charge in [0.15, 0.2) is 12.3 Å². The lowest BCUT2D eigenvalue weighted by Gasteiger charge is -2.54. The first-order valence-corrected chi connectivity index (χ1v) is 13.1. The Bertz CT molecular complexity index is 1170. The van der Waals surface area contributed by atoms with Crippen LogP contribution in [0, 0.1) is 17.3 Å². The number of anilines is 1. The fraction of sp³-hybridized carbons (Fsp3) is 0.567. The lowest BCUT2D eigenvalue weighted by atomic mass is 9.51. The third-order valence-electron chi connectivity index (χ3n) is 9.53. The van der Waals surface area contributed by atoms with Crippen molar-refractivity contribution in [3.05, 3.63) is 52.6 Å². The first-order chi connectivity index (χ1) is 17.1. The van der Waals surface area contributed by atoms with Crippen LogP contribution in [0.25, 0.3) is 0 Å². The van der Waals surface area contributed by atoms with Gasteiger partial charge in [-0.3, -0.25) is 14.4 Å². The van der Waals surface area contributed by atoms with Gasteiger partial charge in [-0.1, -0.05) is 30.7 Å². The Morgan fingerprint density at radius 3 is 2.53 bits per heavy atom. The molecule has 5 nitrogen and oxygen atoms in total. The van der Waals surface area contributed by atoms with Gasteiger partial charge >= 0.3 is 5.97 Å². The molecule has 0 radical (unpaired) electrons. The summed E-state index contributed by atoms with van der Waals surface area (Å²) in [6.45, 7) is 2.22. The number of halogens is 1. The van der Waals surface area contributed by atoms with Crippen molar-refractivity contribution in [2.24, 2.45) is 17.3 Å². The maximum absolute atomic E-state index is 14.0. The number of allylic oxidation sites excluding steroid dienone is 4. The van der Waals surface area contributed by atoms with Crippen LogP contribution in [0.4, 0.5) is 10.1 Å². The molecule has 1 aromatic carbocycles. The Kier molecular flexibility index (Phi) is 6.20. The first-order valence-electron chi connectivity index (χ1n) is 13.1. The molecule has 0 heterocycles. The minimum absolute atomic E-state index is 0.0137. The molecule has 3 fully saturated rings. The van der Waals surface area contributed by atoms with Crippen LogP contribution in [0.3, 0.4) is 0 Å². The van der Waals surface area contributed by atoms with Crippen molar-refractivity contribution in [2.75, 3.05) is 25.7 Å². The fourth-order valence-electron chi connectivity index (χ4n) is 7.92. The van der Waals surface area contributed by atoms with Crippen LogP contribution in [-0.2, 0) is 19.1 Å². The number of fused-ring (bicyclic) bond motifs is 4. The summed E-state index contributed by atoms with van der Waals surface area (Å²) in [7, 11) is 4.02. The number of hydrogen-bond acceptors (Lipinski definition) is 5. The second-order valence-corrected chi connectivity index (χ2v) is 11.5. The predicted molar refractivity (Wildman–Crippen MR) is 137 cm³/mol. The Morgan fingerprint density at radius 1 is 1.17 bits per heavy atom. The molecule has 0 N–H and O–H groups in total. The number of rotatable bonds is 5. The number of esters is 1. The Hall–Kier alpha value is -2.76. The van der Waals surface area contributed by atoms with Gasteiger partial charge in [-0.05, 0) is 72.8 Å². The third kappa shape index (κ3) is 3.67. The van der Waals surface area contributed by atoms with Gasteiger partial charge in [-0.15, -0.1) is 0 Å². The van der Waals surface area contributed by atoms with E-state index in [0.717, 1.165) is 24.1 Å². The largest absolute Gasteiger partial charge is 0.451 e. The molecule has 3 saturated carbocycles. The molecule has 0 spiro atoms. The van der Waals surface area contributed by atoms with Crippen molar-refractivity contribution in [1.82, 2.24) is 0 Å². The third-order valence-corrected chi connectivity index (χ3v) is 9.53. The summed E-state index contributed by atoms with van der Waals surface area (Å²) in [5.41, 5.74) is 4.01. The zero-order valence-corrected chi connectivity index (χ0v) is 21.7. The van der Waals surface area contributed by atoms with E-state index in [1.54, 1.807) is 0 Å². The molecular formula is C30H36FNO4. The molecule has 4 aliphatic carbocycles. The van der Waals surface area contributed by atoms with Crippen molar-refractivity contribution in [3.63, 3.8) is 0 Å². The van der Waals surface area contributed by atoms with E-state index in [0.29, 0.717) is 37.9 Å². The topological polar surface area (TPSA) is 63.7 Å². The van der Waals surface area contributed by atoms with Gasteiger partial charge in [0.1, 0.15) is 5.78 Å².